The summed E-state index contributed by atoms with van der Waals surface area (Å²) in [5.74, 6) is 0.656. The molecule has 5 heteroatoms. The number of nitrogens with zero attached hydrogens (tertiary/aromatic N) is 2. The van der Waals surface area contributed by atoms with Gasteiger partial charge in [0.2, 0.25) is 0 Å². The minimum Gasteiger partial charge on any atom is -0.368 e. The molecule has 1 aromatic carbocycles. The van der Waals surface area contributed by atoms with Crippen LogP contribution in [0, 0.1) is 0 Å². The van der Waals surface area contributed by atoms with Crippen molar-refractivity contribution < 1.29 is 4.79 Å². The van der Waals surface area contributed by atoms with Crippen LogP contribution in [0.15, 0.2) is 53.7 Å². The van der Waals surface area contributed by atoms with E-state index in [1.807, 2.05) is 24.3 Å². The Morgan fingerprint density at radius 2 is 2.15 bits per heavy atom. The smallest absolute Gasteiger partial charge is 0.274 e. The van der Waals surface area contributed by atoms with Crippen molar-refractivity contribution in [2.45, 2.75) is 0 Å². The van der Waals surface area contributed by atoms with Gasteiger partial charge in [-0.3, -0.25) is 14.8 Å². The van der Waals surface area contributed by atoms with Gasteiger partial charge in [0, 0.05) is 24.0 Å². The molecule has 1 aliphatic rings. The number of anilines is 1. The second-order valence-electron chi connectivity index (χ2n) is 4.41. The number of amides is 1. The number of benzene rings is 1. The van der Waals surface area contributed by atoms with Crippen molar-refractivity contribution in [1.82, 2.24) is 10.3 Å². The van der Waals surface area contributed by atoms with Gasteiger partial charge in [0.1, 0.15) is 11.5 Å². The first-order valence-electron chi connectivity index (χ1n) is 6.44. The van der Waals surface area contributed by atoms with Crippen molar-refractivity contribution >= 4 is 17.4 Å². The van der Waals surface area contributed by atoms with E-state index in [4.69, 9.17) is 0 Å². The Bertz CT molecular complexity index is 652. The van der Waals surface area contributed by atoms with Crippen LogP contribution in [0.1, 0.15) is 16.1 Å². The number of aromatic nitrogens is 1. The molecule has 0 saturated heterocycles. The van der Waals surface area contributed by atoms with Crippen LogP contribution in [0.3, 0.4) is 0 Å². The number of rotatable bonds is 3. The molecule has 0 radical (unpaired) electrons. The van der Waals surface area contributed by atoms with Crippen LogP contribution in [0.4, 0.5) is 5.69 Å². The third kappa shape index (κ3) is 2.66. The lowest BCUT2D eigenvalue weighted by molar-refractivity contribution is 0.102. The molecular formula is C15H14N4O. The van der Waals surface area contributed by atoms with Gasteiger partial charge in [-0.2, -0.15) is 0 Å². The summed E-state index contributed by atoms with van der Waals surface area (Å²) in [4.78, 5) is 20.4. The molecule has 0 spiro atoms. The van der Waals surface area contributed by atoms with Crippen molar-refractivity contribution in [3.05, 3.63) is 59.9 Å². The number of carbonyl (C=O) groups is 1. The topological polar surface area (TPSA) is 66.4 Å². The van der Waals surface area contributed by atoms with E-state index in [1.54, 1.807) is 24.4 Å². The molecule has 2 heterocycles. The fourth-order valence-electron chi connectivity index (χ4n) is 2.03. The highest BCUT2D eigenvalue weighted by molar-refractivity contribution is 6.04. The van der Waals surface area contributed by atoms with Crippen LogP contribution < -0.4 is 10.6 Å². The fourth-order valence-corrected chi connectivity index (χ4v) is 2.03. The second-order valence-corrected chi connectivity index (χ2v) is 4.41. The number of nitrogens with one attached hydrogen (secondary N) is 2. The largest absolute Gasteiger partial charge is 0.368 e. The highest BCUT2D eigenvalue weighted by atomic mass is 16.1. The number of aliphatic imine (C=N–C) groups is 1. The molecule has 2 N–H and O–H groups in total. The summed E-state index contributed by atoms with van der Waals surface area (Å²) < 4.78 is 0. The van der Waals surface area contributed by atoms with Crippen LogP contribution >= 0.6 is 0 Å². The Morgan fingerprint density at radius 3 is 2.90 bits per heavy atom. The van der Waals surface area contributed by atoms with Gasteiger partial charge in [0.15, 0.2) is 0 Å². The normalized spacial score (nSPS) is 13.5. The summed E-state index contributed by atoms with van der Waals surface area (Å²) in [5, 5.41) is 6.05. The molecule has 0 fully saturated rings. The number of hydrogen-bond acceptors (Lipinski definition) is 4. The number of amidine groups is 1. The predicted molar refractivity (Wildman–Crippen MR) is 78.0 cm³/mol. The first-order valence-corrected chi connectivity index (χ1v) is 6.44. The molecular weight excluding hydrogens is 252 g/mol. The van der Waals surface area contributed by atoms with Gasteiger partial charge < -0.3 is 10.6 Å². The number of carbonyl (C=O) groups excluding carboxylic acids is 1. The molecule has 0 atom stereocenters. The molecule has 1 aromatic heterocycles. The second kappa shape index (κ2) is 5.52. The molecule has 100 valence electrons. The van der Waals surface area contributed by atoms with Crippen LogP contribution in [0.2, 0.25) is 0 Å². The van der Waals surface area contributed by atoms with Gasteiger partial charge in [-0.25, -0.2) is 0 Å². The molecule has 3 rings (SSSR count). The van der Waals surface area contributed by atoms with Gasteiger partial charge in [-0.1, -0.05) is 18.2 Å². The zero-order valence-corrected chi connectivity index (χ0v) is 10.8. The van der Waals surface area contributed by atoms with Crippen LogP contribution in [0.25, 0.3) is 0 Å². The molecule has 20 heavy (non-hydrogen) atoms. The average molecular weight is 266 g/mol. The number of hydrogen-bond donors (Lipinski definition) is 2. The Labute approximate surface area is 116 Å². The van der Waals surface area contributed by atoms with Crippen molar-refractivity contribution in [1.29, 1.82) is 0 Å². The Balaban J connectivity index is 1.78. The van der Waals surface area contributed by atoms with Crippen LogP contribution in [0.5, 0.6) is 0 Å². The monoisotopic (exact) mass is 266 g/mol. The first-order chi connectivity index (χ1) is 9.83. The molecule has 0 bridgehead atoms. The Kier molecular flexibility index (Phi) is 3.41. The van der Waals surface area contributed by atoms with Crippen LogP contribution in [-0.4, -0.2) is 29.8 Å². The third-order valence-electron chi connectivity index (χ3n) is 2.97. The Morgan fingerprint density at radius 1 is 1.20 bits per heavy atom. The molecule has 1 aliphatic heterocycles. The molecule has 0 unspecified atom stereocenters. The molecule has 0 saturated carbocycles. The van der Waals surface area contributed by atoms with E-state index >= 15 is 0 Å². The van der Waals surface area contributed by atoms with Gasteiger partial charge in [-0.05, 0) is 24.3 Å². The number of pyridine rings is 1. The van der Waals surface area contributed by atoms with Crippen molar-refractivity contribution in [2.75, 3.05) is 18.4 Å². The van der Waals surface area contributed by atoms with E-state index in [0.29, 0.717) is 5.69 Å². The lowest BCUT2D eigenvalue weighted by atomic mass is 10.2. The first kappa shape index (κ1) is 12.3. The van der Waals surface area contributed by atoms with Crippen molar-refractivity contribution in [2.24, 2.45) is 4.99 Å². The summed E-state index contributed by atoms with van der Waals surface area (Å²) in [7, 11) is 0. The summed E-state index contributed by atoms with van der Waals surface area (Å²) >= 11 is 0. The van der Waals surface area contributed by atoms with E-state index in [-0.39, 0.29) is 5.91 Å². The quantitative estimate of drug-likeness (QED) is 0.888. The molecule has 0 aliphatic carbocycles. The highest BCUT2D eigenvalue weighted by Gasteiger charge is 2.10. The van der Waals surface area contributed by atoms with E-state index < -0.39 is 0 Å². The SMILES string of the molecule is O=C(Nc1cccc(C2=NCCN2)c1)c1ccccn1. The lowest BCUT2D eigenvalue weighted by Gasteiger charge is -2.07. The maximum absolute atomic E-state index is 12.0. The van der Waals surface area contributed by atoms with Gasteiger partial charge >= 0.3 is 0 Å². The minimum atomic E-state index is -0.218. The van der Waals surface area contributed by atoms with E-state index in [0.717, 1.165) is 30.2 Å². The van der Waals surface area contributed by atoms with Gasteiger partial charge in [-0.15, -0.1) is 0 Å². The Hall–Kier alpha value is -2.69. The minimum absolute atomic E-state index is 0.218. The fraction of sp³-hybridized carbons (Fsp3) is 0.133. The van der Waals surface area contributed by atoms with Gasteiger partial charge in [0.25, 0.3) is 5.91 Å². The van der Waals surface area contributed by atoms with Crippen molar-refractivity contribution in [3.63, 3.8) is 0 Å². The molecule has 2 aromatic rings. The summed E-state index contributed by atoms with van der Waals surface area (Å²) in [6, 6.07) is 12.9. The summed E-state index contributed by atoms with van der Waals surface area (Å²) in [6.07, 6.45) is 1.60. The summed E-state index contributed by atoms with van der Waals surface area (Å²) in [6.45, 7) is 1.65. The van der Waals surface area contributed by atoms with Crippen molar-refractivity contribution in [3.8, 4) is 0 Å². The van der Waals surface area contributed by atoms with E-state index in [9.17, 15) is 4.79 Å². The van der Waals surface area contributed by atoms with E-state index in [1.165, 1.54) is 0 Å². The third-order valence-corrected chi connectivity index (χ3v) is 2.97. The lowest BCUT2D eigenvalue weighted by Crippen LogP contribution is -2.20. The zero-order chi connectivity index (χ0) is 13.8. The standard InChI is InChI=1S/C15H14N4O/c20-15(13-6-1-2-7-16-13)19-12-5-3-4-11(10-12)14-17-8-9-18-14/h1-7,10H,8-9H2,(H,17,18)(H,19,20). The van der Waals surface area contributed by atoms with Gasteiger partial charge in [0.05, 0.1) is 6.54 Å². The molecule has 5 nitrogen and oxygen atoms in total. The molecule has 1 amide bonds. The average Bonchev–Trinajstić information content (AvgIpc) is 3.03. The zero-order valence-electron chi connectivity index (χ0n) is 10.8. The summed E-state index contributed by atoms with van der Waals surface area (Å²) in [5.41, 5.74) is 2.10. The highest BCUT2D eigenvalue weighted by Crippen LogP contribution is 2.13. The maximum Gasteiger partial charge on any atom is 0.274 e. The predicted octanol–water partition coefficient (Wildman–Crippen LogP) is 1.68. The van der Waals surface area contributed by atoms with Crippen LogP contribution in [-0.2, 0) is 0 Å². The van der Waals surface area contributed by atoms with E-state index in [2.05, 4.69) is 20.6 Å². The maximum atomic E-state index is 12.0.